The van der Waals surface area contributed by atoms with E-state index in [1.807, 2.05) is 0 Å². The number of carbonyl (C=O) groups is 2. The van der Waals surface area contributed by atoms with Crippen molar-refractivity contribution in [2.45, 2.75) is 25.0 Å². The van der Waals surface area contributed by atoms with Gasteiger partial charge in [-0.05, 0) is 23.6 Å². The predicted octanol–water partition coefficient (Wildman–Crippen LogP) is -4.81. The number of halogens is 3. The highest BCUT2D eigenvalue weighted by molar-refractivity contribution is 6.59. The van der Waals surface area contributed by atoms with Crippen LogP contribution in [0.15, 0.2) is 12.1 Å². The second-order valence-corrected chi connectivity index (χ2v) is 8.84. The average molecular weight is 465 g/mol. The molecule has 2 aromatic carbocycles. The summed E-state index contributed by atoms with van der Waals surface area (Å²) in [6.45, 7) is 0.0523. The third-order valence-electron chi connectivity index (χ3n) is 6.79. The molecule has 1 aliphatic rings. The van der Waals surface area contributed by atoms with E-state index >= 15 is 0 Å². The summed E-state index contributed by atoms with van der Waals surface area (Å²) in [4.78, 5) is 27.4. The first kappa shape index (κ1) is 24.1. The molecular formula is C21H22B4F3N3O3. The number of rotatable bonds is 5. The van der Waals surface area contributed by atoms with E-state index in [1.54, 1.807) is 31.4 Å². The lowest BCUT2D eigenvalue weighted by Crippen LogP contribution is -2.46. The van der Waals surface area contributed by atoms with Gasteiger partial charge in [0, 0.05) is 30.1 Å². The largest absolute Gasteiger partial charge is 0.389 e. The standard InChI is InChI=1S/C21H22B4F3N3O3/c22-13-12(14(23)16(25)17(28)15(13)24)19-7(8-3-6(26)4-9(27)18(8)31-19)1-2-11(33)30-20-10(32)5-29-21(20)34/h3-4,10,20,31-32H,1-2,5,22-25H2,(H,29,34)(H,30,33)/t10-,20+/m1/s1. The number of fused-ring (bicyclic) bond motifs is 1. The van der Waals surface area contributed by atoms with Crippen molar-refractivity contribution in [3.8, 4) is 11.3 Å². The Kier molecular flexibility index (Phi) is 6.33. The second kappa shape index (κ2) is 8.94. The number of aliphatic hydroxyl groups is 1. The normalized spacial score (nSPS) is 17.8. The number of nitrogens with one attached hydrogen (secondary N) is 3. The summed E-state index contributed by atoms with van der Waals surface area (Å²) in [5, 5.41) is 15.1. The quantitative estimate of drug-likeness (QED) is 0.286. The molecule has 0 bridgehead atoms. The molecule has 3 aromatic rings. The average Bonchev–Trinajstić information content (AvgIpc) is 3.30. The highest BCUT2D eigenvalue weighted by Gasteiger charge is 2.34. The molecule has 6 nitrogen and oxygen atoms in total. The lowest BCUT2D eigenvalue weighted by molar-refractivity contribution is -0.128. The zero-order valence-corrected chi connectivity index (χ0v) is 19.3. The molecule has 13 heteroatoms. The third-order valence-corrected chi connectivity index (χ3v) is 6.79. The van der Waals surface area contributed by atoms with Gasteiger partial charge in [-0.2, -0.15) is 0 Å². The van der Waals surface area contributed by atoms with E-state index < -0.39 is 35.6 Å². The van der Waals surface area contributed by atoms with Gasteiger partial charge in [-0.15, -0.1) is 0 Å². The zero-order chi connectivity index (χ0) is 24.9. The second-order valence-electron chi connectivity index (χ2n) is 8.84. The molecule has 1 fully saturated rings. The minimum Gasteiger partial charge on any atom is -0.389 e. The zero-order valence-electron chi connectivity index (χ0n) is 19.3. The van der Waals surface area contributed by atoms with Crippen LogP contribution in [0.4, 0.5) is 13.2 Å². The Hall–Kier alpha value is -3.07. The van der Waals surface area contributed by atoms with Crippen molar-refractivity contribution in [2.75, 3.05) is 6.54 Å². The summed E-state index contributed by atoms with van der Waals surface area (Å²) in [5.74, 6) is -2.81. The van der Waals surface area contributed by atoms with Gasteiger partial charge in [0.25, 0.3) is 0 Å². The van der Waals surface area contributed by atoms with Gasteiger partial charge in [-0.3, -0.25) is 9.59 Å². The number of aromatic amines is 1. The highest BCUT2D eigenvalue weighted by Crippen LogP contribution is 2.32. The minimum atomic E-state index is -1.04. The summed E-state index contributed by atoms with van der Waals surface area (Å²) >= 11 is 0. The number of benzene rings is 2. The Morgan fingerprint density at radius 2 is 1.74 bits per heavy atom. The SMILES string of the molecule is Bc1c(B)c(-c2[nH]c3c(F)cc(F)cc3c2CCC(=O)N[C@@H]2C(=O)NC[C@H]2O)c(B)c(B)c1F. The van der Waals surface area contributed by atoms with Crippen LogP contribution < -0.4 is 32.5 Å². The number of hydrogen-bond acceptors (Lipinski definition) is 3. The molecule has 1 aliphatic heterocycles. The molecule has 0 unspecified atom stereocenters. The molecule has 0 saturated carbocycles. The van der Waals surface area contributed by atoms with Gasteiger partial charge in [0.05, 0.1) is 5.52 Å². The van der Waals surface area contributed by atoms with E-state index in [0.717, 1.165) is 6.07 Å². The van der Waals surface area contributed by atoms with Gasteiger partial charge in [0.1, 0.15) is 61.0 Å². The van der Waals surface area contributed by atoms with Crippen LogP contribution in [-0.4, -0.2) is 72.0 Å². The van der Waals surface area contributed by atoms with Gasteiger partial charge in [-0.25, -0.2) is 13.2 Å². The number of aliphatic hydroxyl groups excluding tert-OH is 1. The maximum Gasteiger partial charge on any atom is 0.245 e. The van der Waals surface area contributed by atoms with Crippen LogP contribution in [0.2, 0.25) is 0 Å². The number of β-amino-alcohol motifs (C(OH)–C–C–N with tert-alkyl or cyclic N) is 1. The summed E-state index contributed by atoms with van der Waals surface area (Å²) < 4.78 is 43.4. The van der Waals surface area contributed by atoms with Gasteiger partial charge >= 0.3 is 0 Å². The smallest absolute Gasteiger partial charge is 0.245 e. The third kappa shape index (κ3) is 4.02. The van der Waals surface area contributed by atoms with Crippen molar-refractivity contribution in [3.63, 3.8) is 0 Å². The van der Waals surface area contributed by atoms with Crippen molar-refractivity contribution in [1.29, 1.82) is 0 Å². The Balaban J connectivity index is 1.78. The number of carbonyl (C=O) groups excluding carboxylic acids is 2. The van der Waals surface area contributed by atoms with Crippen LogP contribution in [0.25, 0.3) is 22.2 Å². The Morgan fingerprint density at radius 1 is 1.09 bits per heavy atom. The maximum absolute atomic E-state index is 14.7. The van der Waals surface area contributed by atoms with Crippen LogP contribution in [0.1, 0.15) is 12.0 Å². The molecule has 0 radical (unpaired) electrons. The van der Waals surface area contributed by atoms with Gasteiger partial charge in [0.15, 0.2) is 0 Å². The number of aryl methyl sites for hydroxylation is 1. The number of hydrogen-bond donors (Lipinski definition) is 4. The predicted molar refractivity (Wildman–Crippen MR) is 136 cm³/mol. The lowest BCUT2D eigenvalue weighted by Gasteiger charge is -2.19. The summed E-state index contributed by atoms with van der Waals surface area (Å²) in [5.41, 5.74) is 3.99. The van der Waals surface area contributed by atoms with Crippen molar-refractivity contribution in [3.05, 3.63) is 35.1 Å². The first-order valence-corrected chi connectivity index (χ1v) is 11.0. The summed E-state index contributed by atoms with van der Waals surface area (Å²) in [6.07, 6.45) is -1.02. The van der Waals surface area contributed by atoms with Crippen molar-refractivity contribution < 1.29 is 27.9 Å². The molecular weight excluding hydrogens is 442 g/mol. The highest BCUT2D eigenvalue weighted by atomic mass is 19.1. The molecule has 2 heterocycles. The monoisotopic (exact) mass is 465 g/mol. The maximum atomic E-state index is 14.7. The van der Waals surface area contributed by atoms with Gasteiger partial charge < -0.3 is 20.7 Å². The number of amides is 2. The van der Waals surface area contributed by atoms with Crippen LogP contribution in [0, 0.1) is 17.5 Å². The van der Waals surface area contributed by atoms with Crippen LogP contribution in [0.3, 0.4) is 0 Å². The van der Waals surface area contributed by atoms with E-state index in [2.05, 4.69) is 15.6 Å². The molecule has 2 atom stereocenters. The van der Waals surface area contributed by atoms with E-state index in [1.165, 1.54) is 6.07 Å². The van der Waals surface area contributed by atoms with E-state index in [9.17, 15) is 27.9 Å². The summed E-state index contributed by atoms with van der Waals surface area (Å²) in [7, 11) is 6.85. The lowest BCUT2D eigenvalue weighted by atomic mass is 9.66. The molecule has 1 saturated heterocycles. The van der Waals surface area contributed by atoms with E-state index in [0.29, 0.717) is 38.7 Å². The number of aromatic nitrogens is 1. The van der Waals surface area contributed by atoms with E-state index in [4.69, 9.17) is 0 Å². The van der Waals surface area contributed by atoms with Crippen molar-refractivity contribution in [1.82, 2.24) is 15.6 Å². The molecule has 4 rings (SSSR count). The molecule has 2 amide bonds. The van der Waals surface area contributed by atoms with E-state index in [-0.39, 0.29) is 36.1 Å². The Labute approximate surface area is 197 Å². The minimum absolute atomic E-state index is 0.0523. The van der Waals surface area contributed by atoms with Gasteiger partial charge in [0.2, 0.25) is 11.8 Å². The first-order valence-electron chi connectivity index (χ1n) is 11.0. The van der Waals surface area contributed by atoms with Crippen molar-refractivity contribution in [2.24, 2.45) is 0 Å². The Bertz CT molecular complexity index is 1320. The molecule has 4 N–H and O–H groups in total. The molecule has 0 aliphatic carbocycles. The van der Waals surface area contributed by atoms with Crippen molar-refractivity contribution >= 4 is 76.0 Å². The first-order chi connectivity index (χ1) is 16.0. The van der Waals surface area contributed by atoms with Crippen LogP contribution in [0.5, 0.6) is 0 Å². The molecule has 1 aromatic heterocycles. The molecule has 34 heavy (non-hydrogen) atoms. The molecule has 172 valence electrons. The fourth-order valence-electron chi connectivity index (χ4n) is 4.64. The topological polar surface area (TPSA) is 94.2 Å². The van der Waals surface area contributed by atoms with Crippen LogP contribution >= 0.6 is 0 Å². The number of H-pyrrole nitrogens is 1. The summed E-state index contributed by atoms with van der Waals surface area (Å²) in [6, 6.07) is 0.935. The molecule has 0 spiro atoms. The fourth-order valence-corrected chi connectivity index (χ4v) is 4.64. The van der Waals surface area contributed by atoms with Gasteiger partial charge in [-0.1, -0.05) is 21.9 Å². The fraction of sp³-hybridized carbons (Fsp3) is 0.238. The Morgan fingerprint density at radius 3 is 2.32 bits per heavy atom. The van der Waals surface area contributed by atoms with Crippen LogP contribution in [-0.2, 0) is 16.0 Å².